The summed E-state index contributed by atoms with van der Waals surface area (Å²) in [6.45, 7) is 10.4. The zero-order valence-corrected chi connectivity index (χ0v) is 11.6. The van der Waals surface area contributed by atoms with Crippen LogP contribution in [0.3, 0.4) is 0 Å². The van der Waals surface area contributed by atoms with E-state index in [9.17, 15) is 9.59 Å². The van der Waals surface area contributed by atoms with Crippen molar-refractivity contribution in [1.29, 1.82) is 0 Å². The molecule has 14 heavy (non-hydrogen) atoms. The number of carbonyl (C=O) groups excluding carboxylic acids is 2. The first-order chi connectivity index (χ1) is 6.08. The molecule has 0 N–H and O–H groups in total. The quantitative estimate of drug-likeness (QED) is 0.696. The molecule has 0 bridgehead atoms. The van der Waals surface area contributed by atoms with Crippen molar-refractivity contribution in [3.63, 3.8) is 0 Å². The summed E-state index contributed by atoms with van der Waals surface area (Å²) in [6.07, 6.45) is 0. The third-order valence-corrected chi connectivity index (χ3v) is 16.1. The van der Waals surface area contributed by atoms with E-state index in [1.165, 1.54) is 13.8 Å². The molecule has 0 aromatic heterocycles. The van der Waals surface area contributed by atoms with Gasteiger partial charge < -0.3 is 8.85 Å². The van der Waals surface area contributed by atoms with E-state index in [0.717, 1.165) is 0 Å². The van der Waals surface area contributed by atoms with Crippen molar-refractivity contribution in [1.82, 2.24) is 0 Å². The van der Waals surface area contributed by atoms with Crippen LogP contribution in [0.5, 0.6) is 0 Å². The Balaban J connectivity index is 4.67. The molecule has 0 rings (SSSR count). The summed E-state index contributed by atoms with van der Waals surface area (Å²) in [5.74, 6) is -0.594. The second-order valence-corrected chi connectivity index (χ2v) is 17.9. The highest BCUT2D eigenvalue weighted by molar-refractivity contribution is 7.36. The third-order valence-electron chi connectivity index (χ3n) is 2.25. The van der Waals surface area contributed by atoms with Gasteiger partial charge in [-0.05, 0) is 26.2 Å². The highest BCUT2D eigenvalue weighted by Crippen LogP contribution is 2.21. The van der Waals surface area contributed by atoms with Crippen LogP contribution in [-0.2, 0) is 18.4 Å². The van der Waals surface area contributed by atoms with Crippen LogP contribution >= 0.6 is 0 Å². The van der Waals surface area contributed by atoms with Crippen molar-refractivity contribution >= 4 is 27.6 Å². The molecule has 0 atom stereocenters. The number of carbonyl (C=O) groups is 2. The van der Waals surface area contributed by atoms with Gasteiger partial charge >= 0.3 is 0 Å². The van der Waals surface area contributed by atoms with Gasteiger partial charge in [-0.3, -0.25) is 9.59 Å². The lowest BCUT2D eigenvalue weighted by atomic mass is 10.9. The normalized spacial score (nSPS) is 12.1. The fourth-order valence-corrected chi connectivity index (χ4v) is 5.23. The number of hydrogen-bond acceptors (Lipinski definition) is 4. The lowest BCUT2D eigenvalue weighted by Crippen LogP contribution is -2.60. The lowest BCUT2D eigenvalue weighted by Gasteiger charge is -2.34. The molecule has 0 unspecified atom stereocenters. The van der Waals surface area contributed by atoms with E-state index in [1.807, 2.05) is 26.2 Å². The topological polar surface area (TPSA) is 52.6 Å². The van der Waals surface area contributed by atoms with Gasteiger partial charge in [-0.15, -0.1) is 0 Å². The summed E-state index contributed by atoms with van der Waals surface area (Å²) in [6, 6.07) is 0. The fourth-order valence-electron chi connectivity index (χ4n) is 0.964. The molecule has 0 heterocycles. The Morgan fingerprint density at radius 2 is 1.00 bits per heavy atom. The Bertz CT molecular complexity index is 222. The van der Waals surface area contributed by atoms with E-state index in [2.05, 4.69) is 0 Å². The molecule has 0 radical (unpaired) electrons. The first-order valence-corrected chi connectivity index (χ1v) is 11.3. The van der Waals surface area contributed by atoms with Crippen LogP contribution in [0.1, 0.15) is 13.8 Å². The van der Waals surface area contributed by atoms with Gasteiger partial charge in [0, 0.05) is 13.8 Å². The largest absolute Gasteiger partial charge is 0.518 e. The van der Waals surface area contributed by atoms with Crippen molar-refractivity contribution in [3.05, 3.63) is 0 Å². The molecule has 6 heteroatoms. The lowest BCUT2D eigenvalue weighted by molar-refractivity contribution is -0.134. The minimum atomic E-state index is -2.21. The zero-order chi connectivity index (χ0) is 11.6. The minimum Gasteiger partial charge on any atom is -0.518 e. The maximum atomic E-state index is 10.9. The summed E-state index contributed by atoms with van der Waals surface area (Å²) >= 11 is 0. The van der Waals surface area contributed by atoms with E-state index in [1.54, 1.807) is 0 Å². The van der Waals surface area contributed by atoms with Gasteiger partial charge in [0.1, 0.15) is 0 Å². The Labute approximate surface area is 86.6 Å². The van der Waals surface area contributed by atoms with Crippen molar-refractivity contribution < 1.29 is 18.4 Å². The molecule has 0 aliphatic rings. The number of rotatable bonds is 3. The minimum absolute atomic E-state index is 0.297. The summed E-state index contributed by atoms with van der Waals surface area (Å²) < 4.78 is 10.6. The summed E-state index contributed by atoms with van der Waals surface area (Å²) in [4.78, 5) is 21.8. The fraction of sp³-hybridized carbons (Fsp3) is 0.750. The van der Waals surface area contributed by atoms with Crippen molar-refractivity contribution in [3.8, 4) is 0 Å². The summed E-state index contributed by atoms with van der Waals surface area (Å²) in [5.41, 5.74) is 0. The Hall–Kier alpha value is -0.626. The predicted octanol–water partition coefficient (Wildman–Crippen LogP) is 1.60. The molecule has 0 aliphatic heterocycles. The first-order valence-electron chi connectivity index (χ1n) is 4.47. The standard InChI is InChI=1S/C8H18O4Si2/c1-7(9)11-13(3,4)14(5,6)12-8(2)10/h1-6H3. The van der Waals surface area contributed by atoms with Gasteiger partial charge in [-0.2, -0.15) is 0 Å². The van der Waals surface area contributed by atoms with Gasteiger partial charge in [0.2, 0.25) is 0 Å². The molecule has 0 fully saturated rings. The first kappa shape index (κ1) is 13.4. The molecule has 0 aromatic carbocycles. The van der Waals surface area contributed by atoms with Crippen LogP contribution in [0.25, 0.3) is 0 Å². The average Bonchev–Trinajstić information content (AvgIpc) is 1.78. The van der Waals surface area contributed by atoms with Crippen molar-refractivity contribution in [2.24, 2.45) is 0 Å². The Morgan fingerprint density at radius 1 is 0.786 bits per heavy atom. The molecule has 0 spiro atoms. The molecular weight excluding hydrogens is 216 g/mol. The molecule has 0 saturated carbocycles. The molecule has 4 nitrogen and oxygen atoms in total. The molecule has 0 amide bonds. The molecule has 0 aromatic rings. The van der Waals surface area contributed by atoms with Crippen LogP contribution in [0, 0.1) is 0 Å². The van der Waals surface area contributed by atoms with E-state index in [0.29, 0.717) is 0 Å². The Morgan fingerprint density at radius 3 is 1.14 bits per heavy atom. The third kappa shape index (κ3) is 3.63. The number of hydrogen-bond donors (Lipinski definition) is 0. The van der Waals surface area contributed by atoms with Crippen molar-refractivity contribution in [2.75, 3.05) is 0 Å². The second kappa shape index (κ2) is 4.26. The summed E-state index contributed by atoms with van der Waals surface area (Å²) in [5, 5.41) is 0. The van der Waals surface area contributed by atoms with Crippen LogP contribution < -0.4 is 0 Å². The smallest absolute Gasteiger partial charge is 0.289 e. The molecular formula is C8H18O4Si2. The van der Waals surface area contributed by atoms with E-state index >= 15 is 0 Å². The highest BCUT2D eigenvalue weighted by Gasteiger charge is 2.49. The molecule has 0 aliphatic carbocycles. The van der Waals surface area contributed by atoms with Crippen LogP contribution in [0.2, 0.25) is 26.2 Å². The summed E-state index contributed by atoms with van der Waals surface area (Å²) in [7, 11) is -4.42. The van der Waals surface area contributed by atoms with Crippen molar-refractivity contribution in [2.45, 2.75) is 40.0 Å². The maximum Gasteiger partial charge on any atom is 0.289 e. The van der Waals surface area contributed by atoms with Gasteiger partial charge in [-0.25, -0.2) is 0 Å². The molecule has 82 valence electrons. The van der Waals surface area contributed by atoms with E-state index in [4.69, 9.17) is 8.85 Å². The van der Waals surface area contributed by atoms with E-state index < -0.39 is 15.7 Å². The van der Waals surface area contributed by atoms with Gasteiger partial charge in [0.25, 0.3) is 27.6 Å². The van der Waals surface area contributed by atoms with Gasteiger partial charge in [0.15, 0.2) is 0 Å². The maximum absolute atomic E-state index is 10.9. The molecule has 0 saturated heterocycles. The second-order valence-electron chi connectivity index (χ2n) is 4.21. The van der Waals surface area contributed by atoms with Crippen LogP contribution in [-0.4, -0.2) is 27.6 Å². The average molecular weight is 234 g/mol. The Kier molecular flexibility index (Phi) is 4.07. The van der Waals surface area contributed by atoms with Gasteiger partial charge in [-0.1, -0.05) is 0 Å². The predicted molar refractivity (Wildman–Crippen MR) is 58.5 cm³/mol. The van der Waals surface area contributed by atoms with Crippen LogP contribution in [0.4, 0.5) is 0 Å². The monoisotopic (exact) mass is 234 g/mol. The zero-order valence-electron chi connectivity index (χ0n) is 9.63. The SMILES string of the molecule is CC(=O)O[Si](C)(C)[Si](C)(C)OC(C)=O. The van der Waals surface area contributed by atoms with Crippen LogP contribution in [0.15, 0.2) is 0 Å². The highest BCUT2D eigenvalue weighted by atomic mass is 29.3. The van der Waals surface area contributed by atoms with E-state index in [-0.39, 0.29) is 11.9 Å². The van der Waals surface area contributed by atoms with Gasteiger partial charge in [0.05, 0.1) is 0 Å².